The van der Waals surface area contributed by atoms with Crippen LogP contribution in [-0.4, -0.2) is 51.3 Å². The van der Waals surface area contributed by atoms with Gasteiger partial charge in [0.2, 0.25) is 0 Å². The van der Waals surface area contributed by atoms with Gasteiger partial charge in [0.25, 0.3) is 0 Å². The highest BCUT2D eigenvalue weighted by atomic mass is 19.1. The number of benzene rings is 3. The van der Waals surface area contributed by atoms with Gasteiger partial charge in [-0.05, 0) is 53.1 Å². The topological polar surface area (TPSA) is 50.1 Å². The van der Waals surface area contributed by atoms with Crippen molar-refractivity contribution >= 4 is 5.69 Å². The maximum Gasteiger partial charge on any atom is 0.173 e. The molecule has 7 heteroatoms. The summed E-state index contributed by atoms with van der Waals surface area (Å²) in [7, 11) is 0. The van der Waals surface area contributed by atoms with Crippen molar-refractivity contribution in [3.8, 4) is 0 Å². The molecule has 1 atom stereocenters. The fourth-order valence-corrected chi connectivity index (χ4v) is 4.77. The molecule has 0 saturated carbocycles. The number of halogens is 1. The molecule has 34 heavy (non-hydrogen) atoms. The molecular weight excluding hydrogens is 427 g/mol. The average Bonchev–Trinajstić information content (AvgIpc) is 3.31. The molecule has 1 aliphatic heterocycles. The van der Waals surface area contributed by atoms with Crippen molar-refractivity contribution in [3.05, 3.63) is 107 Å². The zero-order valence-corrected chi connectivity index (χ0v) is 19.6. The molecule has 0 amide bonds. The Labute approximate surface area is 199 Å². The van der Waals surface area contributed by atoms with E-state index in [1.165, 1.54) is 22.9 Å². The van der Waals surface area contributed by atoms with Crippen LogP contribution in [0.2, 0.25) is 0 Å². The van der Waals surface area contributed by atoms with Gasteiger partial charge in [-0.3, -0.25) is 4.90 Å². The number of tetrazole rings is 1. The summed E-state index contributed by atoms with van der Waals surface area (Å²) >= 11 is 0. The first-order valence-electron chi connectivity index (χ1n) is 11.7. The summed E-state index contributed by atoms with van der Waals surface area (Å²) in [6.45, 7) is 8.14. The molecule has 1 aliphatic rings. The van der Waals surface area contributed by atoms with Crippen LogP contribution in [0.25, 0.3) is 0 Å². The van der Waals surface area contributed by atoms with Gasteiger partial charge in [0.05, 0.1) is 6.54 Å². The highest BCUT2D eigenvalue weighted by molar-refractivity contribution is 5.56. The lowest BCUT2D eigenvalue weighted by atomic mass is 10.0. The van der Waals surface area contributed by atoms with Crippen LogP contribution in [0.1, 0.15) is 34.1 Å². The van der Waals surface area contributed by atoms with Gasteiger partial charge in [0.15, 0.2) is 5.82 Å². The number of nitrogens with zero attached hydrogens (tertiary/aromatic N) is 6. The predicted molar refractivity (Wildman–Crippen MR) is 131 cm³/mol. The quantitative estimate of drug-likeness (QED) is 0.431. The van der Waals surface area contributed by atoms with Crippen molar-refractivity contribution in [2.45, 2.75) is 26.4 Å². The van der Waals surface area contributed by atoms with Crippen LogP contribution in [-0.2, 0) is 6.54 Å². The third-order valence-electron chi connectivity index (χ3n) is 6.78. The van der Waals surface area contributed by atoms with Gasteiger partial charge in [-0.1, -0.05) is 60.7 Å². The first-order valence-corrected chi connectivity index (χ1v) is 11.7. The van der Waals surface area contributed by atoms with E-state index in [4.69, 9.17) is 0 Å². The van der Waals surface area contributed by atoms with Crippen molar-refractivity contribution in [1.29, 1.82) is 0 Å². The Morgan fingerprint density at radius 1 is 0.853 bits per heavy atom. The molecule has 174 valence electrons. The van der Waals surface area contributed by atoms with E-state index in [1.54, 1.807) is 10.7 Å². The Hall–Kier alpha value is -3.58. The standard InChI is InChI=1S/C27H29FN6/c1-20-9-8-14-25(21(20)2)32-15-17-33(18-16-32)26(23-12-6-7-13-24(23)28)27-29-30-31-34(27)19-22-10-4-3-5-11-22/h3-14,26H,15-19H2,1-2H3/t26-/m1/s1. The zero-order valence-electron chi connectivity index (χ0n) is 19.6. The smallest absolute Gasteiger partial charge is 0.173 e. The predicted octanol–water partition coefficient (Wildman–Crippen LogP) is 4.39. The molecule has 0 aliphatic carbocycles. The lowest BCUT2D eigenvalue weighted by Crippen LogP contribution is -2.48. The van der Waals surface area contributed by atoms with Gasteiger partial charge in [0.1, 0.15) is 11.9 Å². The van der Waals surface area contributed by atoms with Crippen LogP contribution in [0.5, 0.6) is 0 Å². The van der Waals surface area contributed by atoms with Crippen LogP contribution >= 0.6 is 0 Å². The fourth-order valence-electron chi connectivity index (χ4n) is 4.77. The van der Waals surface area contributed by atoms with Gasteiger partial charge < -0.3 is 4.90 Å². The second-order valence-corrected chi connectivity index (χ2v) is 8.85. The van der Waals surface area contributed by atoms with Crippen LogP contribution in [0.15, 0.2) is 72.8 Å². The number of hydrogen-bond donors (Lipinski definition) is 0. The first kappa shape index (κ1) is 22.2. The SMILES string of the molecule is Cc1cccc(N2CCN([C@H](c3ccccc3F)c3nnnn3Cc3ccccc3)CC2)c1C. The van der Waals surface area contributed by atoms with E-state index in [1.807, 2.05) is 42.5 Å². The summed E-state index contributed by atoms with van der Waals surface area (Å²) in [6, 6.07) is 23.1. The molecule has 1 aromatic heterocycles. The van der Waals surface area contributed by atoms with Gasteiger partial charge >= 0.3 is 0 Å². The maximum atomic E-state index is 15.1. The molecule has 0 radical (unpaired) electrons. The second-order valence-electron chi connectivity index (χ2n) is 8.85. The second kappa shape index (κ2) is 9.73. The van der Waals surface area contributed by atoms with Gasteiger partial charge in [0, 0.05) is 37.4 Å². The van der Waals surface area contributed by atoms with E-state index in [-0.39, 0.29) is 11.9 Å². The summed E-state index contributed by atoms with van der Waals surface area (Å²) in [4.78, 5) is 4.72. The summed E-state index contributed by atoms with van der Waals surface area (Å²) < 4.78 is 16.9. The highest BCUT2D eigenvalue weighted by Gasteiger charge is 2.32. The van der Waals surface area contributed by atoms with E-state index >= 15 is 4.39 Å². The zero-order chi connectivity index (χ0) is 23.5. The van der Waals surface area contributed by atoms with E-state index < -0.39 is 0 Å². The van der Waals surface area contributed by atoms with Crippen LogP contribution in [0.3, 0.4) is 0 Å². The van der Waals surface area contributed by atoms with Crippen LogP contribution in [0, 0.1) is 19.7 Å². The van der Waals surface area contributed by atoms with Crippen LogP contribution < -0.4 is 4.90 Å². The number of aryl methyl sites for hydroxylation is 1. The number of hydrogen-bond acceptors (Lipinski definition) is 5. The molecule has 6 nitrogen and oxygen atoms in total. The van der Waals surface area contributed by atoms with Crippen molar-refractivity contribution in [3.63, 3.8) is 0 Å². The first-order chi connectivity index (χ1) is 16.6. The van der Waals surface area contributed by atoms with Gasteiger partial charge in [-0.2, -0.15) is 0 Å². The number of anilines is 1. The monoisotopic (exact) mass is 456 g/mol. The lowest BCUT2D eigenvalue weighted by Gasteiger charge is -2.40. The molecule has 1 saturated heterocycles. The summed E-state index contributed by atoms with van der Waals surface area (Å²) in [5.41, 5.74) is 5.59. The minimum absolute atomic E-state index is 0.237. The van der Waals surface area contributed by atoms with Crippen molar-refractivity contribution < 1.29 is 4.39 Å². The average molecular weight is 457 g/mol. The van der Waals surface area contributed by atoms with Crippen LogP contribution in [0.4, 0.5) is 10.1 Å². The molecule has 0 bridgehead atoms. The number of rotatable bonds is 6. The Kier molecular flexibility index (Phi) is 6.36. The Morgan fingerprint density at radius 2 is 1.59 bits per heavy atom. The highest BCUT2D eigenvalue weighted by Crippen LogP contribution is 2.32. The lowest BCUT2D eigenvalue weighted by molar-refractivity contribution is 0.198. The molecule has 0 unspecified atom stereocenters. The third kappa shape index (κ3) is 4.43. The molecule has 5 rings (SSSR count). The van der Waals surface area contributed by atoms with Gasteiger partial charge in [-0.15, -0.1) is 5.10 Å². The Balaban J connectivity index is 1.44. The van der Waals surface area contributed by atoms with E-state index in [9.17, 15) is 0 Å². The molecule has 1 fully saturated rings. The van der Waals surface area contributed by atoms with Crippen molar-refractivity contribution in [1.82, 2.24) is 25.1 Å². The van der Waals surface area contributed by atoms with Crippen molar-refractivity contribution in [2.24, 2.45) is 0 Å². The number of aromatic nitrogens is 4. The van der Waals surface area contributed by atoms with E-state index in [0.717, 1.165) is 31.7 Å². The summed E-state index contributed by atoms with van der Waals surface area (Å²) in [6.07, 6.45) is 0. The molecular formula is C27H29FN6. The minimum atomic E-state index is -0.360. The third-order valence-corrected chi connectivity index (χ3v) is 6.78. The number of piperazine rings is 1. The largest absolute Gasteiger partial charge is 0.369 e. The normalized spacial score (nSPS) is 15.4. The van der Waals surface area contributed by atoms with Crippen molar-refractivity contribution in [2.75, 3.05) is 31.1 Å². The summed E-state index contributed by atoms with van der Waals surface area (Å²) in [5, 5.41) is 12.6. The maximum absolute atomic E-state index is 15.1. The Bertz CT molecular complexity index is 1250. The van der Waals surface area contributed by atoms with E-state index in [2.05, 4.69) is 57.4 Å². The summed E-state index contributed by atoms with van der Waals surface area (Å²) in [5.74, 6) is 0.424. The van der Waals surface area contributed by atoms with Gasteiger partial charge in [-0.25, -0.2) is 9.07 Å². The van der Waals surface area contributed by atoms with E-state index in [0.29, 0.717) is 17.9 Å². The molecule has 3 aromatic carbocycles. The fraction of sp³-hybridized carbons (Fsp3) is 0.296. The minimum Gasteiger partial charge on any atom is -0.369 e. The molecule has 0 N–H and O–H groups in total. The Morgan fingerprint density at radius 3 is 2.35 bits per heavy atom. The molecule has 2 heterocycles. The molecule has 4 aromatic rings. The molecule has 0 spiro atoms.